The van der Waals surface area contributed by atoms with Gasteiger partial charge in [-0.1, -0.05) is 12.1 Å². The van der Waals surface area contributed by atoms with Gasteiger partial charge in [-0.15, -0.1) is 5.10 Å². The molecule has 32 heavy (non-hydrogen) atoms. The smallest absolute Gasteiger partial charge is 0.233 e. The highest BCUT2D eigenvalue weighted by Gasteiger charge is 2.36. The lowest BCUT2D eigenvalue weighted by Crippen LogP contribution is -2.56. The van der Waals surface area contributed by atoms with Crippen LogP contribution < -0.4 is 19.7 Å². The van der Waals surface area contributed by atoms with Crippen LogP contribution in [0.3, 0.4) is 0 Å². The van der Waals surface area contributed by atoms with E-state index in [9.17, 15) is 0 Å². The van der Waals surface area contributed by atoms with Crippen LogP contribution in [0, 0.1) is 5.92 Å². The molecule has 164 valence electrons. The molecule has 0 bridgehead atoms. The maximum absolute atomic E-state index is 6.12. The van der Waals surface area contributed by atoms with Gasteiger partial charge in [0, 0.05) is 42.4 Å². The monoisotopic (exact) mass is 429 g/mol. The molecule has 7 heteroatoms. The van der Waals surface area contributed by atoms with Gasteiger partial charge in [-0.3, -0.25) is 0 Å². The molecule has 7 nitrogen and oxygen atoms in total. The summed E-state index contributed by atoms with van der Waals surface area (Å²) in [5.74, 6) is 3.07. The van der Waals surface area contributed by atoms with Crippen LogP contribution in [0.15, 0.2) is 42.6 Å². The number of hydrogen-bond donors (Lipinski definition) is 1. The fraction of sp³-hybridized carbons (Fsp3) is 0.400. The number of anilines is 1. The summed E-state index contributed by atoms with van der Waals surface area (Å²) in [7, 11) is 1.60. The van der Waals surface area contributed by atoms with Crippen LogP contribution >= 0.6 is 0 Å². The highest BCUT2D eigenvalue weighted by molar-refractivity contribution is 5.78. The number of aromatic nitrogens is 3. The van der Waals surface area contributed by atoms with E-state index in [0.717, 1.165) is 53.0 Å². The Kier molecular flexibility index (Phi) is 4.72. The van der Waals surface area contributed by atoms with E-state index in [0.29, 0.717) is 24.6 Å². The fourth-order valence-corrected chi connectivity index (χ4v) is 4.91. The van der Waals surface area contributed by atoms with E-state index in [-0.39, 0.29) is 0 Å². The van der Waals surface area contributed by atoms with Crippen molar-refractivity contribution >= 4 is 5.82 Å². The SMILES string of the molecule is COc1cc(-c2ccc3c(c2)COc2nc(N4C[C@@H](C)N[C@@H](C5CC5)C4)ccc2-3)cnn1. The number of benzene rings is 1. The number of fused-ring (bicyclic) bond motifs is 3. The lowest BCUT2D eigenvalue weighted by Gasteiger charge is -2.39. The van der Waals surface area contributed by atoms with Crippen molar-refractivity contribution in [3.8, 4) is 34.0 Å². The summed E-state index contributed by atoms with van der Waals surface area (Å²) in [6.45, 7) is 4.76. The Labute approximate surface area is 187 Å². The lowest BCUT2D eigenvalue weighted by atomic mass is 9.95. The summed E-state index contributed by atoms with van der Waals surface area (Å²) >= 11 is 0. The zero-order chi connectivity index (χ0) is 21.7. The van der Waals surface area contributed by atoms with Crippen LogP contribution in [0.2, 0.25) is 0 Å². The van der Waals surface area contributed by atoms with Gasteiger partial charge in [0.25, 0.3) is 0 Å². The normalized spacial score (nSPS) is 22.0. The highest BCUT2D eigenvalue weighted by atomic mass is 16.5. The van der Waals surface area contributed by atoms with Crippen molar-refractivity contribution in [3.05, 3.63) is 48.2 Å². The Morgan fingerprint density at radius 3 is 2.78 bits per heavy atom. The molecule has 2 fully saturated rings. The van der Waals surface area contributed by atoms with Crippen molar-refractivity contribution in [1.82, 2.24) is 20.5 Å². The molecule has 2 aromatic heterocycles. The number of nitrogens with zero attached hydrogens (tertiary/aromatic N) is 4. The first-order valence-electron chi connectivity index (χ1n) is 11.3. The molecule has 0 spiro atoms. The van der Waals surface area contributed by atoms with Crippen LogP contribution in [0.4, 0.5) is 5.82 Å². The van der Waals surface area contributed by atoms with Crippen LogP contribution in [-0.2, 0) is 6.61 Å². The summed E-state index contributed by atoms with van der Waals surface area (Å²) in [4.78, 5) is 7.34. The molecular formula is C25H27N5O2. The zero-order valence-corrected chi connectivity index (χ0v) is 18.4. The minimum absolute atomic E-state index is 0.466. The van der Waals surface area contributed by atoms with Crippen molar-refractivity contribution in [3.63, 3.8) is 0 Å². The van der Waals surface area contributed by atoms with Gasteiger partial charge in [-0.05, 0) is 60.6 Å². The van der Waals surface area contributed by atoms with Crippen molar-refractivity contribution in [1.29, 1.82) is 0 Å². The van der Waals surface area contributed by atoms with Gasteiger partial charge in [0.2, 0.25) is 11.8 Å². The molecule has 4 heterocycles. The fourth-order valence-electron chi connectivity index (χ4n) is 4.91. The molecule has 0 unspecified atom stereocenters. The maximum Gasteiger partial charge on any atom is 0.233 e. The Morgan fingerprint density at radius 2 is 1.94 bits per heavy atom. The molecule has 3 aromatic rings. The second-order valence-corrected chi connectivity index (χ2v) is 9.09. The van der Waals surface area contributed by atoms with Crippen LogP contribution in [-0.4, -0.2) is 47.5 Å². The minimum atomic E-state index is 0.466. The average Bonchev–Trinajstić information content (AvgIpc) is 3.68. The first kappa shape index (κ1) is 19.5. The quantitative estimate of drug-likeness (QED) is 0.678. The molecule has 0 amide bonds. The topological polar surface area (TPSA) is 72.4 Å². The molecule has 6 rings (SSSR count). The number of ether oxygens (including phenoxy) is 2. The van der Waals surface area contributed by atoms with E-state index in [4.69, 9.17) is 14.5 Å². The van der Waals surface area contributed by atoms with E-state index in [1.54, 1.807) is 13.3 Å². The predicted molar refractivity (Wildman–Crippen MR) is 123 cm³/mol. The molecule has 0 radical (unpaired) electrons. The van der Waals surface area contributed by atoms with Crippen LogP contribution in [0.1, 0.15) is 25.3 Å². The van der Waals surface area contributed by atoms with E-state index < -0.39 is 0 Å². The summed E-state index contributed by atoms with van der Waals surface area (Å²) in [5.41, 5.74) is 5.40. The summed E-state index contributed by atoms with van der Waals surface area (Å²) < 4.78 is 11.3. The second-order valence-electron chi connectivity index (χ2n) is 9.09. The number of pyridine rings is 1. The van der Waals surface area contributed by atoms with Gasteiger partial charge < -0.3 is 19.7 Å². The van der Waals surface area contributed by atoms with Gasteiger partial charge in [0.15, 0.2) is 0 Å². The van der Waals surface area contributed by atoms with Gasteiger partial charge >= 0.3 is 0 Å². The maximum atomic E-state index is 6.12. The average molecular weight is 430 g/mol. The number of hydrogen-bond acceptors (Lipinski definition) is 7. The number of methoxy groups -OCH3 is 1. The third kappa shape index (κ3) is 3.56. The highest BCUT2D eigenvalue weighted by Crippen LogP contribution is 2.40. The van der Waals surface area contributed by atoms with Gasteiger partial charge in [-0.2, -0.15) is 10.1 Å². The largest absolute Gasteiger partial charge is 0.480 e. The summed E-state index contributed by atoms with van der Waals surface area (Å²) in [6.07, 6.45) is 4.44. The first-order valence-corrected chi connectivity index (χ1v) is 11.3. The molecule has 1 aliphatic carbocycles. The molecule has 1 aromatic carbocycles. The predicted octanol–water partition coefficient (Wildman–Crippen LogP) is 3.68. The molecule has 2 aliphatic heterocycles. The summed E-state index contributed by atoms with van der Waals surface area (Å²) in [6, 6.07) is 13.6. The van der Waals surface area contributed by atoms with Crippen molar-refractivity contribution in [2.45, 2.75) is 38.5 Å². The minimum Gasteiger partial charge on any atom is -0.480 e. The van der Waals surface area contributed by atoms with Crippen molar-refractivity contribution in [2.75, 3.05) is 25.1 Å². The molecule has 1 N–H and O–H groups in total. The van der Waals surface area contributed by atoms with Crippen molar-refractivity contribution in [2.24, 2.45) is 5.92 Å². The molecular weight excluding hydrogens is 402 g/mol. The molecule has 2 atom stereocenters. The second kappa shape index (κ2) is 7.74. The Morgan fingerprint density at radius 1 is 1.06 bits per heavy atom. The Hall–Kier alpha value is -3.19. The van der Waals surface area contributed by atoms with Crippen molar-refractivity contribution < 1.29 is 9.47 Å². The van der Waals surface area contributed by atoms with E-state index in [1.165, 1.54) is 18.4 Å². The van der Waals surface area contributed by atoms with E-state index in [1.807, 2.05) is 6.07 Å². The van der Waals surface area contributed by atoms with Crippen LogP contribution in [0.25, 0.3) is 22.3 Å². The van der Waals surface area contributed by atoms with Gasteiger partial charge in [-0.25, -0.2) is 0 Å². The number of rotatable bonds is 4. The lowest BCUT2D eigenvalue weighted by molar-refractivity contribution is 0.289. The van der Waals surface area contributed by atoms with Crippen LogP contribution in [0.5, 0.6) is 11.8 Å². The first-order chi connectivity index (χ1) is 15.7. The van der Waals surface area contributed by atoms with E-state index >= 15 is 0 Å². The molecule has 1 saturated heterocycles. The van der Waals surface area contributed by atoms with E-state index in [2.05, 4.69) is 57.7 Å². The van der Waals surface area contributed by atoms with Gasteiger partial charge in [0.05, 0.1) is 13.3 Å². The Bertz CT molecular complexity index is 1160. The van der Waals surface area contributed by atoms with Gasteiger partial charge in [0.1, 0.15) is 12.4 Å². The Balaban J connectivity index is 1.29. The number of piperazine rings is 1. The molecule has 3 aliphatic rings. The third-order valence-electron chi connectivity index (χ3n) is 6.70. The third-order valence-corrected chi connectivity index (χ3v) is 6.70. The molecule has 1 saturated carbocycles. The standard InChI is InChI=1S/C25H27N5O2/c1-15-12-30(13-22(27-15)16-3-4-16)23-8-7-21-20-6-5-17(9-19(20)14-32-25(21)28-23)18-10-24(31-2)29-26-11-18/h5-11,15-16,22,27H,3-4,12-14H2,1-2H3/t15-,22-/m1/s1. The summed E-state index contributed by atoms with van der Waals surface area (Å²) in [5, 5.41) is 11.8. The zero-order valence-electron chi connectivity index (χ0n) is 18.4. The number of nitrogens with one attached hydrogen (secondary N) is 1.